The minimum atomic E-state index is -0.946. The SMILES string of the molecule is CCCC[PH](CCCC)(CCCC)CCCC.O=C(O)c1ccc(SSc2ccc(C(=O)O)cc2)cc1. The Bertz CT molecular complexity index is 806. The smallest absolute Gasteiger partial charge is 0.335 e. The van der Waals surface area contributed by atoms with E-state index in [1.54, 1.807) is 73.2 Å². The molecule has 0 atom stereocenters. The third-order valence-electron chi connectivity index (χ3n) is 6.68. The van der Waals surface area contributed by atoms with Gasteiger partial charge in [0.25, 0.3) is 0 Å². The van der Waals surface area contributed by atoms with Gasteiger partial charge in [-0.1, -0.05) is 21.6 Å². The Kier molecular flexibility index (Phi) is 17.7. The third-order valence-corrected chi connectivity index (χ3v) is 14.8. The maximum atomic E-state index is 10.7. The molecule has 4 nitrogen and oxygen atoms in total. The maximum Gasteiger partial charge on any atom is 0.335 e. The Morgan fingerprint density at radius 1 is 0.568 bits per heavy atom. The number of carboxylic acid groups (broad SMARTS) is 2. The summed E-state index contributed by atoms with van der Waals surface area (Å²) >= 11 is 0. The van der Waals surface area contributed by atoms with Crippen LogP contribution in [0, 0.1) is 0 Å². The van der Waals surface area contributed by atoms with Crippen LogP contribution in [0.4, 0.5) is 0 Å². The van der Waals surface area contributed by atoms with Gasteiger partial charge in [0.05, 0.1) is 11.1 Å². The van der Waals surface area contributed by atoms with Crippen molar-refractivity contribution in [2.45, 2.75) is 88.9 Å². The molecule has 0 spiro atoms. The first-order chi connectivity index (χ1) is 17.8. The van der Waals surface area contributed by atoms with Crippen LogP contribution in [0.1, 0.15) is 99.8 Å². The fourth-order valence-electron chi connectivity index (χ4n) is 4.36. The van der Waals surface area contributed by atoms with Gasteiger partial charge in [0.15, 0.2) is 0 Å². The molecule has 0 saturated heterocycles. The summed E-state index contributed by atoms with van der Waals surface area (Å²) in [5, 5.41) is 17.6. The van der Waals surface area contributed by atoms with E-state index in [0.717, 1.165) is 9.79 Å². The predicted molar refractivity (Wildman–Crippen MR) is 166 cm³/mol. The summed E-state index contributed by atoms with van der Waals surface area (Å²) in [7, 11) is 2.09. The number of carboxylic acids is 2. The quantitative estimate of drug-likeness (QED) is 0.147. The van der Waals surface area contributed by atoms with Crippen LogP contribution in [0.3, 0.4) is 0 Å². The number of aromatic carboxylic acids is 2. The second kappa shape index (κ2) is 19.6. The molecule has 0 saturated carbocycles. The van der Waals surface area contributed by atoms with E-state index in [1.165, 1.54) is 73.0 Å². The summed E-state index contributed by atoms with van der Waals surface area (Å²) in [6.45, 7) is 9.44. The summed E-state index contributed by atoms with van der Waals surface area (Å²) < 4.78 is 0. The molecule has 2 aromatic carbocycles. The molecule has 0 aliphatic rings. The molecule has 0 aliphatic heterocycles. The van der Waals surface area contributed by atoms with Gasteiger partial charge < -0.3 is 10.2 Å². The number of unbranched alkanes of at least 4 members (excludes halogenated alkanes) is 4. The molecule has 0 bridgehead atoms. The van der Waals surface area contributed by atoms with E-state index in [0.29, 0.717) is 0 Å². The van der Waals surface area contributed by atoms with E-state index in [2.05, 4.69) is 27.7 Å². The van der Waals surface area contributed by atoms with Crippen LogP contribution in [-0.4, -0.2) is 46.8 Å². The Hall–Kier alpha value is -1.49. The van der Waals surface area contributed by atoms with Gasteiger partial charge in [-0.05, 0) is 48.5 Å². The Morgan fingerprint density at radius 2 is 0.838 bits per heavy atom. The maximum absolute atomic E-state index is 10.7. The summed E-state index contributed by atoms with van der Waals surface area (Å²) in [6, 6.07) is 13.2. The van der Waals surface area contributed by atoms with Gasteiger partial charge in [-0.2, -0.15) is 0 Å². The summed E-state index contributed by atoms with van der Waals surface area (Å²) in [4.78, 5) is 23.3. The molecule has 0 fully saturated rings. The van der Waals surface area contributed by atoms with E-state index in [1.807, 2.05) is 0 Å². The average molecular weight is 567 g/mol. The molecule has 0 unspecified atom stereocenters. The van der Waals surface area contributed by atoms with Crippen LogP contribution in [0.15, 0.2) is 58.3 Å². The monoisotopic (exact) mass is 566 g/mol. The van der Waals surface area contributed by atoms with E-state index >= 15 is 0 Å². The van der Waals surface area contributed by atoms with Gasteiger partial charge in [-0.3, -0.25) is 0 Å². The zero-order valence-corrected chi connectivity index (χ0v) is 25.8. The number of carbonyl (C=O) groups is 2. The molecule has 2 rings (SSSR count). The predicted octanol–water partition coefficient (Wildman–Crippen LogP) is 9.82. The van der Waals surface area contributed by atoms with Gasteiger partial charge >= 0.3 is 123 Å². The summed E-state index contributed by atoms with van der Waals surface area (Å²) in [6.07, 6.45) is 18.1. The van der Waals surface area contributed by atoms with Crippen molar-refractivity contribution >= 4 is 40.8 Å². The average Bonchev–Trinajstić information content (AvgIpc) is 2.92. The number of hydrogen-bond donors (Lipinski definition) is 2. The largest absolute Gasteiger partial charge is 0.478 e. The first-order valence-electron chi connectivity index (χ1n) is 13.8. The standard InChI is InChI=1S/C16H37P.C14H10O4S2/c1-5-9-13-17(14-10-6-2,15-11-7-3)16-12-8-4;15-13(16)9-1-5-11(6-2-9)19-20-12-7-3-10(4-8-12)14(17)18/h17H,5-16H2,1-4H3;1-8H,(H,15,16)(H,17,18). The minimum Gasteiger partial charge on any atom is -0.478 e. The fourth-order valence-corrected chi connectivity index (χ4v) is 12.2. The van der Waals surface area contributed by atoms with Crippen molar-refractivity contribution in [3.63, 3.8) is 0 Å². The third kappa shape index (κ3) is 13.7. The molecule has 2 N–H and O–H groups in total. The molecule has 7 heteroatoms. The second-order valence-electron chi connectivity index (χ2n) is 9.74. The first-order valence-corrected chi connectivity index (χ1v) is 18.8. The van der Waals surface area contributed by atoms with Crippen LogP contribution in [-0.2, 0) is 0 Å². The second-order valence-corrected chi connectivity index (χ2v) is 17.0. The Labute approximate surface area is 233 Å². The van der Waals surface area contributed by atoms with Crippen LogP contribution < -0.4 is 0 Å². The molecule has 0 aromatic heterocycles. The molecule has 208 valence electrons. The van der Waals surface area contributed by atoms with Gasteiger partial charge in [-0.25, -0.2) is 9.59 Å². The van der Waals surface area contributed by atoms with Crippen LogP contribution in [0.2, 0.25) is 0 Å². The van der Waals surface area contributed by atoms with Crippen molar-refractivity contribution < 1.29 is 19.8 Å². The summed E-state index contributed by atoms with van der Waals surface area (Å²) in [5.41, 5.74) is 0.510. The van der Waals surface area contributed by atoms with Crippen molar-refractivity contribution in [2.24, 2.45) is 0 Å². The molecule has 0 aliphatic carbocycles. The molecule has 0 heterocycles. The van der Waals surface area contributed by atoms with Crippen LogP contribution in [0.25, 0.3) is 0 Å². The Morgan fingerprint density at radius 3 is 1.05 bits per heavy atom. The molecule has 2 aromatic rings. The van der Waals surface area contributed by atoms with Crippen molar-refractivity contribution in [3.05, 3.63) is 59.7 Å². The van der Waals surface area contributed by atoms with Crippen molar-refractivity contribution in [2.75, 3.05) is 24.6 Å². The van der Waals surface area contributed by atoms with Crippen molar-refractivity contribution in [1.82, 2.24) is 0 Å². The first kappa shape index (κ1) is 33.5. The topological polar surface area (TPSA) is 74.6 Å². The van der Waals surface area contributed by atoms with Gasteiger partial charge in [0, 0.05) is 9.79 Å². The minimum absolute atomic E-state index is 0.255. The molecular weight excluding hydrogens is 519 g/mol. The van der Waals surface area contributed by atoms with Gasteiger partial charge in [0.2, 0.25) is 0 Å². The number of rotatable bonds is 17. The zero-order valence-electron chi connectivity index (χ0n) is 23.1. The van der Waals surface area contributed by atoms with Gasteiger partial charge in [0.1, 0.15) is 0 Å². The fraction of sp³-hybridized carbons (Fsp3) is 0.533. The van der Waals surface area contributed by atoms with E-state index in [9.17, 15) is 9.59 Å². The zero-order chi connectivity index (χ0) is 27.5. The normalized spacial score (nSPS) is 11.5. The Balaban J connectivity index is 0.000000377. The van der Waals surface area contributed by atoms with Crippen molar-refractivity contribution in [3.8, 4) is 0 Å². The number of hydrogen-bond acceptors (Lipinski definition) is 4. The molecular formula is C30H47O4PS2. The van der Waals surface area contributed by atoms with Gasteiger partial charge in [-0.15, -0.1) is 0 Å². The number of benzene rings is 2. The van der Waals surface area contributed by atoms with Crippen LogP contribution in [0.5, 0.6) is 0 Å². The van der Waals surface area contributed by atoms with E-state index in [-0.39, 0.29) is 11.1 Å². The molecule has 37 heavy (non-hydrogen) atoms. The van der Waals surface area contributed by atoms with E-state index < -0.39 is 19.2 Å². The molecule has 0 radical (unpaired) electrons. The van der Waals surface area contributed by atoms with Crippen LogP contribution >= 0.6 is 28.9 Å². The van der Waals surface area contributed by atoms with E-state index in [4.69, 9.17) is 10.2 Å². The van der Waals surface area contributed by atoms with Crippen molar-refractivity contribution in [1.29, 1.82) is 0 Å². The summed E-state index contributed by atoms with van der Waals surface area (Å²) in [5.74, 6) is -1.89. The molecule has 0 amide bonds.